The van der Waals surface area contributed by atoms with Gasteiger partial charge in [0, 0.05) is 10.4 Å². The number of benzene rings is 1. The summed E-state index contributed by atoms with van der Waals surface area (Å²) in [6, 6.07) is 7.64. The maximum atomic E-state index is 5.85. The van der Waals surface area contributed by atoms with Gasteiger partial charge in [-0.25, -0.2) is 0 Å². The first-order valence-electron chi connectivity index (χ1n) is 4.94. The molecule has 0 saturated heterocycles. The van der Waals surface area contributed by atoms with Crippen LogP contribution in [0.15, 0.2) is 29.3 Å². The van der Waals surface area contributed by atoms with Crippen molar-refractivity contribution < 1.29 is 0 Å². The lowest BCUT2D eigenvalue weighted by Crippen LogP contribution is -2.28. The van der Waals surface area contributed by atoms with Gasteiger partial charge in [0.05, 0.1) is 12.4 Å². The van der Waals surface area contributed by atoms with Crippen molar-refractivity contribution in [3.63, 3.8) is 0 Å². The monoisotopic (exact) mass is 224 g/mol. The Hall–Kier alpha value is -1.02. The van der Waals surface area contributed by atoms with E-state index in [1.165, 1.54) is 0 Å². The Morgan fingerprint density at radius 2 is 1.80 bits per heavy atom. The van der Waals surface area contributed by atoms with Crippen LogP contribution in [-0.2, 0) is 6.54 Å². The highest BCUT2D eigenvalue weighted by Crippen LogP contribution is 2.14. The fourth-order valence-electron chi connectivity index (χ4n) is 1.00. The number of nitrogens with zero attached hydrogens (tertiary/aromatic N) is 1. The summed E-state index contributed by atoms with van der Waals surface area (Å²) in [5.41, 5.74) is 6.91. The average molecular weight is 225 g/mol. The largest absolute Gasteiger partial charge is 0.387 e. The third kappa shape index (κ3) is 3.92. The molecule has 0 fully saturated rings. The minimum absolute atomic E-state index is 0.0631. The molecule has 0 amide bonds. The summed E-state index contributed by atoms with van der Waals surface area (Å²) in [7, 11) is 0. The molecule has 1 aromatic rings. The molecular formula is C12H17ClN2. The van der Waals surface area contributed by atoms with Crippen molar-refractivity contribution in [1.82, 2.24) is 0 Å². The van der Waals surface area contributed by atoms with Crippen LogP contribution in [0.5, 0.6) is 0 Å². The molecule has 0 heterocycles. The van der Waals surface area contributed by atoms with E-state index in [0.29, 0.717) is 12.4 Å². The van der Waals surface area contributed by atoms with E-state index in [1.807, 2.05) is 45.0 Å². The van der Waals surface area contributed by atoms with E-state index in [2.05, 4.69) is 4.99 Å². The number of halogens is 1. The molecular weight excluding hydrogens is 208 g/mol. The van der Waals surface area contributed by atoms with Crippen LogP contribution in [0.1, 0.15) is 26.3 Å². The second kappa shape index (κ2) is 4.67. The van der Waals surface area contributed by atoms with Crippen molar-refractivity contribution in [2.24, 2.45) is 16.1 Å². The van der Waals surface area contributed by atoms with Gasteiger partial charge < -0.3 is 5.73 Å². The molecule has 0 spiro atoms. The zero-order chi connectivity index (χ0) is 11.5. The Balaban J connectivity index is 2.68. The van der Waals surface area contributed by atoms with Crippen molar-refractivity contribution in [2.45, 2.75) is 27.3 Å². The van der Waals surface area contributed by atoms with Crippen molar-refractivity contribution in [3.8, 4) is 0 Å². The molecule has 2 N–H and O–H groups in total. The molecule has 0 radical (unpaired) electrons. The molecule has 0 saturated carbocycles. The van der Waals surface area contributed by atoms with Gasteiger partial charge in [-0.2, -0.15) is 0 Å². The van der Waals surface area contributed by atoms with Crippen LogP contribution in [0.4, 0.5) is 0 Å². The van der Waals surface area contributed by atoms with Crippen LogP contribution in [0.3, 0.4) is 0 Å². The zero-order valence-corrected chi connectivity index (χ0v) is 10.2. The molecule has 1 rings (SSSR count). The summed E-state index contributed by atoms with van der Waals surface area (Å²) >= 11 is 5.79. The first-order valence-corrected chi connectivity index (χ1v) is 5.32. The summed E-state index contributed by atoms with van der Waals surface area (Å²) in [4.78, 5) is 4.35. The van der Waals surface area contributed by atoms with Crippen LogP contribution in [0.25, 0.3) is 0 Å². The molecule has 0 unspecified atom stereocenters. The molecule has 0 aliphatic rings. The van der Waals surface area contributed by atoms with Gasteiger partial charge in [0.1, 0.15) is 0 Å². The van der Waals surface area contributed by atoms with Gasteiger partial charge in [-0.3, -0.25) is 4.99 Å². The number of aliphatic imine (C=N–C) groups is 1. The molecule has 3 heteroatoms. The van der Waals surface area contributed by atoms with Crippen LogP contribution in [0.2, 0.25) is 5.02 Å². The normalized spacial score (nSPS) is 12.9. The van der Waals surface area contributed by atoms with E-state index in [4.69, 9.17) is 17.3 Å². The molecule has 2 nitrogen and oxygen atoms in total. The number of hydrogen-bond acceptors (Lipinski definition) is 1. The molecule has 0 aliphatic carbocycles. The fraction of sp³-hybridized carbons (Fsp3) is 0.417. The molecule has 15 heavy (non-hydrogen) atoms. The zero-order valence-electron chi connectivity index (χ0n) is 9.42. The van der Waals surface area contributed by atoms with Crippen molar-refractivity contribution in [1.29, 1.82) is 0 Å². The summed E-state index contributed by atoms with van der Waals surface area (Å²) in [6.07, 6.45) is 0. The maximum absolute atomic E-state index is 5.85. The number of amidine groups is 1. The summed E-state index contributed by atoms with van der Waals surface area (Å²) in [6.45, 7) is 6.76. The third-order valence-electron chi connectivity index (χ3n) is 2.11. The molecule has 0 aromatic heterocycles. The van der Waals surface area contributed by atoms with Crippen LogP contribution in [0, 0.1) is 5.41 Å². The highest BCUT2D eigenvalue weighted by Gasteiger charge is 2.14. The van der Waals surface area contributed by atoms with Gasteiger partial charge in [-0.15, -0.1) is 0 Å². The minimum Gasteiger partial charge on any atom is -0.387 e. The van der Waals surface area contributed by atoms with Gasteiger partial charge in [0.15, 0.2) is 0 Å². The maximum Gasteiger partial charge on any atom is 0.0995 e. The van der Waals surface area contributed by atoms with E-state index in [1.54, 1.807) is 0 Å². The van der Waals surface area contributed by atoms with E-state index in [0.717, 1.165) is 10.6 Å². The Labute approximate surface area is 96.2 Å². The van der Waals surface area contributed by atoms with E-state index in [9.17, 15) is 0 Å². The lowest BCUT2D eigenvalue weighted by molar-refractivity contribution is 0.581. The quantitative estimate of drug-likeness (QED) is 0.608. The van der Waals surface area contributed by atoms with Gasteiger partial charge >= 0.3 is 0 Å². The summed E-state index contributed by atoms with van der Waals surface area (Å²) in [5, 5.41) is 0.742. The smallest absolute Gasteiger partial charge is 0.0995 e. The van der Waals surface area contributed by atoms with Crippen molar-refractivity contribution in [2.75, 3.05) is 0 Å². The Kier molecular flexibility index (Phi) is 3.75. The molecule has 82 valence electrons. The van der Waals surface area contributed by atoms with Crippen LogP contribution < -0.4 is 5.73 Å². The Morgan fingerprint density at radius 1 is 1.27 bits per heavy atom. The van der Waals surface area contributed by atoms with E-state index < -0.39 is 0 Å². The lowest BCUT2D eigenvalue weighted by atomic mass is 9.95. The number of nitrogens with two attached hydrogens (primary N) is 1. The highest BCUT2D eigenvalue weighted by atomic mass is 35.5. The van der Waals surface area contributed by atoms with Crippen molar-refractivity contribution in [3.05, 3.63) is 34.9 Å². The van der Waals surface area contributed by atoms with Crippen LogP contribution in [-0.4, -0.2) is 5.84 Å². The average Bonchev–Trinajstić information content (AvgIpc) is 2.15. The fourth-order valence-corrected chi connectivity index (χ4v) is 1.13. The highest BCUT2D eigenvalue weighted by molar-refractivity contribution is 6.30. The summed E-state index contributed by atoms with van der Waals surface area (Å²) < 4.78 is 0. The predicted octanol–water partition coefficient (Wildman–Crippen LogP) is 3.24. The molecule has 0 bridgehead atoms. The van der Waals surface area contributed by atoms with Gasteiger partial charge in [-0.1, -0.05) is 44.5 Å². The predicted molar refractivity (Wildman–Crippen MR) is 66.2 cm³/mol. The second-order valence-corrected chi connectivity index (χ2v) is 5.01. The SMILES string of the molecule is CC(C)(C)C(N)=NCc1ccc(Cl)cc1. The Morgan fingerprint density at radius 3 is 2.27 bits per heavy atom. The standard InChI is InChI=1S/C12H17ClN2/c1-12(2,3)11(14)15-8-9-4-6-10(13)7-5-9/h4-7H,8H2,1-3H3,(H2,14,15). The second-order valence-electron chi connectivity index (χ2n) is 4.58. The van der Waals surface area contributed by atoms with Gasteiger partial charge in [0.25, 0.3) is 0 Å². The molecule has 1 aromatic carbocycles. The molecule has 0 aliphatic heterocycles. The first kappa shape index (κ1) is 12.1. The van der Waals surface area contributed by atoms with Gasteiger partial charge in [-0.05, 0) is 17.7 Å². The minimum atomic E-state index is -0.0631. The van der Waals surface area contributed by atoms with E-state index in [-0.39, 0.29) is 5.41 Å². The van der Waals surface area contributed by atoms with Crippen LogP contribution >= 0.6 is 11.6 Å². The Bertz CT molecular complexity index is 347. The first-order chi connectivity index (χ1) is 6.89. The van der Waals surface area contributed by atoms with E-state index >= 15 is 0 Å². The molecule has 0 atom stereocenters. The van der Waals surface area contributed by atoms with Gasteiger partial charge in [0.2, 0.25) is 0 Å². The third-order valence-corrected chi connectivity index (χ3v) is 2.37. The topological polar surface area (TPSA) is 38.4 Å². The number of rotatable bonds is 2. The summed E-state index contributed by atoms with van der Waals surface area (Å²) in [5.74, 6) is 0.678. The number of hydrogen-bond donors (Lipinski definition) is 1. The lowest BCUT2D eigenvalue weighted by Gasteiger charge is -2.17. The van der Waals surface area contributed by atoms with Crippen molar-refractivity contribution >= 4 is 17.4 Å².